The van der Waals surface area contributed by atoms with Gasteiger partial charge in [0.2, 0.25) is 0 Å². The summed E-state index contributed by atoms with van der Waals surface area (Å²) in [6, 6.07) is 6.49. The van der Waals surface area contributed by atoms with Crippen LogP contribution in [0, 0.1) is 13.8 Å². The molecule has 1 aromatic carbocycles. The maximum Gasteiger partial charge on any atom is 0.418 e. The minimum atomic E-state index is -4.56. The molecule has 0 saturated carbocycles. The molecule has 3 aromatic rings. The highest BCUT2D eigenvalue weighted by molar-refractivity contribution is 6.13. The van der Waals surface area contributed by atoms with Crippen molar-refractivity contribution in [3.05, 3.63) is 52.8 Å². The molecule has 0 aliphatic carbocycles. The van der Waals surface area contributed by atoms with Crippen LogP contribution in [0.25, 0.3) is 11.0 Å². The minimum absolute atomic E-state index is 0.264. The topological polar surface area (TPSA) is 59.8 Å². The van der Waals surface area contributed by atoms with Crippen LogP contribution in [0.3, 0.4) is 0 Å². The normalized spacial score (nSPS) is 11.8. The third kappa shape index (κ3) is 3.85. The number of nitrogens with zero attached hydrogens (tertiary/aromatic N) is 3. The molecule has 5 nitrogen and oxygen atoms in total. The predicted octanol–water partition coefficient (Wildman–Crippen LogP) is 5.12. The number of nitrogens with one attached hydrogen (secondary N) is 1. The van der Waals surface area contributed by atoms with Crippen LogP contribution in [0.4, 0.5) is 18.9 Å². The number of rotatable bonds is 5. The van der Waals surface area contributed by atoms with Crippen LogP contribution in [0.15, 0.2) is 30.3 Å². The lowest BCUT2D eigenvalue weighted by molar-refractivity contribution is -0.136. The molecule has 2 aromatic heterocycles. The number of unbranched alkanes of at least 4 members (excludes halogenated alkanes) is 1. The molecule has 0 bridgehead atoms. The Kier molecular flexibility index (Phi) is 5.40. The van der Waals surface area contributed by atoms with Crippen molar-refractivity contribution in [3.63, 3.8) is 0 Å². The Hall–Kier alpha value is -2.90. The van der Waals surface area contributed by atoms with E-state index in [0.717, 1.165) is 18.9 Å². The number of hydrogen-bond acceptors (Lipinski definition) is 3. The largest absolute Gasteiger partial charge is 0.418 e. The van der Waals surface area contributed by atoms with Crippen LogP contribution in [-0.2, 0) is 12.7 Å². The molecular formula is C20H21F3N4O. The monoisotopic (exact) mass is 390 g/mol. The van der Waals surface area contributed by atoms with E-state index in [9.17, 15) is 18.0 Å². The van der Waals surface area contributed by atoms with Gasteiger partial charge < -0.3 is 5.32 Å². The summed E-state index contributed by atoms with van der Waals surface area (Å²) in [6.45, 7) is 6.23. The average Bonchev–Trinajstić information content (AvgIpc) is 2.94. The van der Waals surface area contributed by atoms with E-state index < -0.39 is 17.6 Å². The number of amides is 1. The number of benzene rings is 1. The number of aromatic nitrogens is 3. The highest BCUT2D eigenvalue weighted by Gasteiger charge is 2.33. The summed E-state index contributed by atoms with van der Waals surface area (Å²) in [4.78, 5) is 17.4. The van der Waals surface area contributed by atoms with Gasteiger partial charge in [-0.1, -0.05) is 25.5 Å². The van der Waals surface area contributed by atoms with Gasteiger partial charge in [-0.15, -0.1) is 0 Å². The molecule has 0 radical (unpaired) electrons. The highest BCUT2D eigenvalue weighted by Crippen LogP contribution is 2.35. The van der Waals surface area contributed by atoms with Crippen LogP contribution in [0.2, 0.25) is 0 Å². The zero-order chi connectivity index (χ0) is 20.5. The Labute approximate surface area is 160 Å². The number of hydrogen-bond donors (Lipinski definition) is 1. The van der Waals surface area contributed by atoms with Gasteiger partial charge in [0, 0.05) is 12.2 Å². The fraction of sp³-hybridized carbons (Fsp3) is 0.350. The molecular weight excluding hydrogens is 369 g/mol. The number of anilines is 1. The first-order valence-electron chi connectivity index (χ1n) is 9.04. The van der Waals surface area contributed by atoms with Crippen molar-refractivity contribution in [1.29, 1.82) is 0 Å². The third-order valence-electron chi connectivity index (χ3n) is 4.45. The summed E-state index contributed by atoms with van der Waals surface area (Å²) in [5.74, 6) is -0.620. The van der Waals surface area contributed by atoms with Crippen molar-refractivity contribution in [2.24, 2.45) is 0 Å². The number of carbonyl (C=O) groups excluding carboxylic acids is 1. The molecule has 1 N–H and O–H groups in total. The van der Waals surface area contributed by atoms with Crippen LogP contribution < -0.4 is 5.32 Å². The first-order chi connectivity index (χ1) is 13.2. The van der Waals surface area contributed by atoms with Crippen molar-refractivity contribution in [1.82, 2.24) is 14.8 Å². The van der Waals surface area contributed by atoms with Crippen molar-refractivity contribution in [2.75, 3.05) is 5.32 Å². The number of halogens is 3. The van der Waals surface area contributed by atoms with Crippen LogP contribution in [-0.4, -0.2) is 20.7 Å². The Bertz CT molecular complexity index is 1020. The van der Waals surface area contributed by atoms with Gasteiger partial charge in [-0.2, -0.15) is 18.3 Å². The molecule has 2 heterocycles. The van der Waals surface area contributed by atoms with Gasteiger partial charge in [0.25, 0.3) is 5.91 Å². The fourth-order valence-corrected chi connectivity index (χ4v) is 3.15. The zero-order valence-electron chi connectivity index (χ0n) is 15.9. The molecule has 148 valence electrons. The third-order valence-corrected chi connectivity index (χ3v) is 4.45. The maximum absolute atomic E-state index is 13.2. The second-order valence-corrected chi connectivity index (χ2v) is 6.67. The summed E-state index contributed by atoms with van der Waals surface area (Å²) >= 11 is 0. The summed E-state index contributed by atoms with van der Waals surface area (Å²) < 4.78 is 41.4. The predicted molar refractivity (Wildman–Crippen MR) is 101 cm³/mol. The molecule has 28 heavy (non-hydrogen) atoms. The van der Waals surface area contributed by atoms with E-state index in [1.54, 1.807) is 24.6 Å². The molecule has 0 fully saturated rings. The van der Waals surface area contributed by atoms with Gasteiger partial charge in [-0.3, -0.25) is 4.79 Å². The molecule has 0 unspecified atom stereocenters. The number of aryl methyl sites for hydroxylation is 3. The van der Waals surface area contributed by atoms with E-state index in [-0.39, 0.29) is 11.3 Å². The molecule has 3 rings (SSSR count). The second kappa shape index (κ2) is 7.61. The molecule has 0 saturated heterocycles. The van der Waals surface area contributed by atoms with Crippen LogP contribution >= 0.6 is 0 Å². The molecule has 0 spiro atoms. The molecule has 0 aliphatic rings. The summed E-state index contributed by atoms with van der Waals surface area (Å²) in [6.07, 6.45) is -2.67. The van der Waals surface area contributed by atoms with Crippen molar-refractivity contribution in [2.45, 2.75) is 46.3 Å². The van der Waals surface area contributed by atoms with E-state index in [1.165, 1.54) is 18.2 Å². The minimum Gasteiger partial charge on any atom is -0.321 e. The second-order valence-electron chi connectivity index (χ2n) is 6.67. The Morgan fingerprint density at radius 2 is 1.93 bits per heavy atom. The highest BCUT2D eigenvalue weighted by atomic mass is 19.4. The molecule has 8 heteroatoms. The van der Waals surface area contributed by atoms with Crippen molar-refractivity contribution < 1.29 is 18.0 Å². The van der Waals surface area contributed by atoms with E-state index in [0.29, 0.717) is 29.0 Å². The number of pyridine rings is 1. The SMILES string of the molecule is CCCCn1nc(C)c2c(C(=O)Nc3ccccc3C(F)(F)F)cc(C)nc21. The summed E-state index contributed by atoms with van der Waals surface area (Å²) in [5, 5.41) is 7.44. The lowest BCUT2D eigenvalue weighted by atomic mass is 10.1. The lowest BCUT2D eigenvalue weighted by Crippen LogP contribution is -2.17. The van der Waals surface area contributed by atoms with Crippen molar-refractivity contribution >= 4 is 22.6 Å². The van der Waals surface area contributed by atoms with Gasteiger partial charge in [0.05, 0.1) is 27.9 Å². The average molecular weight is 390 g/mol. The Morgan fingerprint density at radius 3 is 2.61 bits per heavy atom. The number of alkyl halides is 3. The molecule has 1 amide bonds. The summed E-state index contributed by atoms with van der Waals surface area (Å²) in [7, 11) is 0. The molecule has 0 aliphatic heterocycles. The van der Waals surface area contributed by atoms with Gasteiger partial charge in [0.15, 0.2) is 5.65 Å². The van der Waals surface area contributed by atoms with Gasteiger partial charge in [0.1, 0.15) is 0 Å². The van der Waals surface area contributed by atoms with E-state index in [1.807, 2.05) is 0 Å². The smallest absolute Gasteiger partial charge is 0.321 e. The van der Waals surface area contributed by atoms with E-state index in [4.69, 9.17) is 0 Å². The summed E-state index contributed by atoms with van der Waals surface area (Å²) in [5.41, 5.74) is 0.881. The first kappa shape index (κ1) is 19.9. The Morgan fingerprint density at radius 1 is 1.21 bits per heavy atom. The Balaban J connectivity index is 2.05. The number of para-hydroxylation sites is 1. The van der Waals surface area contributed by atoms with E-state index in [2.05, 4.69) is 22.3 Å². The number of fused-ring (bicyclic) bond motifs is 1. The quantitative estimate of drug-likeness (QED) is 0.658. The first-order valence-corrected chi connectivity index (χ1v) is 9.04. The van der Waals surface area contributed by atoms with E-state index >= 15 is 0 Å². The van der Waals surface area contributed by atoms with Gasteiger partial charge in [-0.25, -0.2) is 9.67 Å². The maximum atomic E-state index is 13.2. The fourth-order valence-electron chi connectivity index (χ4n) is 3.15. The zero-order valence-corrected chi connectivity index (χ0v) is 15.9. The van der Waals surface area contributed by atoms with Gasteiger partial charge >= 0.3 is 6.18 Å². The standard InChI is InChI=1S/C20H21F3N4O/c1-4-5-10-27-18-17(13(3)26-27)14(11-12(2)24-18)19(28)25-16-9-7-6-8-15(16)20(21,22)23/h6-9,11H,4-5,10H2,1-3H3,(H,25,28). The van der Waals surface area contributed by atoms with Crippen LogP contribution in [0.1, 0.15) is 47.1 Å². The van der Waals surface area contributed by atoms with Crippen LogP contribution in [0.5, 0.6) is 0 Å². The van der Waals surface area contributed by atoms with Gasteiger partial charge in [-0.05, 0) is 38.5 Å². The van der Waals surface area contributed by atoms with Crippen molar-refractivity contribution in [3.8, 4) is 0 Å². The number of carbonyl (C=O) groups is 1. The molecule has 0 atom stereocenters. The lowest BCUT2D eigenvalue weighted by Gasteiger charge is -2.14.